The quantitative estimate of drug-likeness (QED) is 0.537. The average Bonchev–Trinajstić information content (AvgIpc) is 2.19. The lowest BCUT2D eigenvalue weighted by Crippen LogP contribution is -2.09. The monoisotopic (exact) mass is 378 g/mol. The van der Waals surface area contributed by atoms with E-state index in [1.54, 1.807) is 0 Å². The fourth-order valence-electron chi connectivity index (χ4n) is 1.06. The summed E-state index contributed by atoms with van der Waals surface area (Å²) in [5, 5.41) is -0.480. The highest BCUT2D eigenvalue weighted by atomic mass is 79.9. The Kier molecular flexibility index (Phi) is 4.42. The molecule has 0 saturated carbocycles. The van der Waals surface area contributed by atoms with E-state index in [1.807, 2.05) is 0 Å². The van der Waals surface area contributed by atoms with Gasteiger partial charge in [0, 0.05) is 10.0 Å². The Balaban J connectivity index is 3.35. The van der Waals surface area contributed by atoms with Crippen LogP contribution in [0.15, 0.2) is 16.6 Å². The van der Waals surface area contributed by atoms with Crippen LogP contribution < -0.4 is 0 Å². The minimum Gasteiger partial charge on any atom is -0.293 e. The van der Waals surface area contributed by atoms with Crippen LogP contribution in [-0.2, 0) is 6.18 Å². The van der Waals surface area contributed by atoms with Gasteiger partial charge < -0.3 is 0 Å². The summed E-state index contributed by atoms with van der Waals surface area (Å²) >= 11 is 11.4. The molecule has 0 aliphatic heterocycles. The lowest BCUT2D eigenvalue weighted by molar-refractivity contribution is -0.137. The van der Waals surface area contributed by atoms with E-state index < -0.39 is 16.8 Å². The number of alkyl halides is 4. The maximum Gasteiger partial charge on any atom is 0.417 e. The summed E-state index contributed by atoms with van der Waals surface area (Å²) < 4.78 is 37.3. The Labute approximate surface area is 111 Å². The summed E-state index contributed by atoms with van der Waals surface area (Å²) in [6.45, 7) is 0. The molecule has 16 heavy (non-hydrogen) atoms. The summed E-state index contributed by atoms with van der Waals surface area (Å²) in [4.78, 5) is 11.3. The fourth-order valence-corrected chi connectivity index (χ4v) is 2.20. The normalized spacial score (nSPS) is 11.6. The zero-order chi connectivity index (χ0) is 12.5. The number of ketones is 1. The minimum atomic E-state index is -4.53. The van der Waals surface area contributed by atoms with E-state index in [-0.39, 0.29) is 21.1 Å². The molecule has 0 N–H and O–H groups in total. The molecule has 88 valence electrons. The summed E-state index contributed by atoms with van der Waals surface area (Å²) in [7, 11) is 0. The molecule has 1 rings (SSSR count). The minimum absolute atomic E-state index is 0.0211. The third kappa shape index (κ3) is 2.78. The molecule has 0 amide bonds. The van der Waals surface area contributed by atoms with Crippen molar-refractivity contribution in [3.05, 3.63) is 32.8 Å². The van der Waals surface area contributed by atoms with Crippen molar-refractivity contribution in [2.75, 3.05) is 5.33 Å². The number of halogens is 6. The van der Waals surface area contributed by atoms with Crippen molar-refractivity contribution < 1.29 is 18.0 Å². The van der Waals surface area contributed by atoms with Crippen LogP contribution in [0.2, 0.25) is 5.02 Å². The maximum atomic E-state index is 12.4. The van der Waals surface area contributed by atoms with E-state index in [0.717, 1.165) is 12.1 Å². The van der Waals surface area contributed by atoms with Crippen molar-refractivity contribution in [2.45, 2.75) is 6.18 Å². The highest BCUT2D eigenvalue weighted by Crippen LogP contribution is 2.39. The summed E-state index contributed by atoms with van der Waals surface area (Å²) in [5.41, 5.74) is -0.845. The van der Waals surface area contributed by atoms with E-state index in [4.69, 9.17) is 11.6 Å². The molecule has 0 saturated heterocycles. The first-order chi connectivity index (χ1) is 7.29. The molecule has 0 unspecified atom stereocenters. The van der Waals surface area contributed by atoms with Crippen LogP contribution in [-0.4, -0.2) is 11.1 Å². The smallest absolute Gasteiger partial charge is 0.293 e. The zero-order valence-electron chi connectivity index (χ0n) is 7.54. The zero-order valence-corrected chi connectivity index (χ0v) is 11.5. The molecule has 0 aromatic heterocycles. The second-order valence-electron chi connectivity index (χ2n) is 2.84. The predicted molar refractivity (Wildman–Crippen MR) is 62.3 cm³/mol. The van der Waals surface area contributed by atoms with Crippen LogP contribution in [0.3, 0.4) is 0 Å². The Morgan fingerprint density at radius 1 is 1.38 bits per heavy atom. The molecule has 0 aliphatic rings. The molecule has 0 heterocycles. The number of carbonyl (C=O) groups is 1. The standard InChI is InChI=1S/C9H4Br2ClF3O/c10-3-6(16)4-1-2-5(9(13,14)15)8(12)7(4)11/h1-2H,3H2. The van der Waals surface area contributed by atoms with Gasteiger partial charge in [-0.05, 0) is 28.1 Å². The number of Topliss-reactive ketones (excluding diaryl/α,β-unsaturated/α-hetero) is 1. The van der Waals surface area contributed by atoms with Gasteiger partial charge >= 0.3 is 6.18 Å². The van der Waals surface area contributed by atoms with Gasteiger partial charge in [-0.3, -0.25) is 4.79 Å². The first-order valence-corrected chi connectivity index (χ1v) is 6.22. The number of benzene rings is 1. The summed E-state index contributed by atoms with van der Waals surface area (Å²) in [5.74, 6) is -0.345. The molecule has 1 nitrogen and oxygen atoms in total. The van der Waals surface area contributed by atoms with E-state index in [9.17, 15) is 18.0 Å². The van der Waals surface area contributed by atoms with Crippen LogP contribution in [0.25, 0.3) is 0 Å². The molecule has 0 aliphatic carbocycles. The van der Waals surface area contributed by atoms with Gasteiger partial charge in [0.15, 0.2) is 5.78 Å². The van der Waals surface area contributed by atoms with Gasteiger partial charge in [-0.2, -0.15) is 13.2 Å². The lowest BCUT2D eigenvalue weighted by atomic mass is 10.1. The molecule has 0 bridgehead atoms. The highest BCUT2D eigenvalue weighted by molar-refractivity contribution is 9.10. The second-order valence-corrected chi connectivity index (χ2v) is 4.57. The van der Waals surface area contributed by atoms with E-state index in [0.29, 0.717) is 0 Å². The van der Waals surface area contributed by atoms with E-state index in [2.05, 4.69) is 31.9 Å². The number of carbonyl (C=O) groups excluding carboxylic acids is 1. The van der Waals surface area contributed by atoms with Crippen molar-refractivity contribution in [3.63, 3.8) is 0 Å². The first-order valence-electron chi connectivity index (χ1n) is 3.93. The van der Waals surface area contributed by atoms with Crippen molar-refractivity contribution in [1.29, 1.82) is 0 Å². The molecule has 7 heteroatoms. The van der Waals surface area contributed by atoms with Crippen molar-refractivity contribution in [1.82, 2.24) is 0 Å². The molecule has 0 atom stereocenters. The van der Waals surface area contributed by atoms with Crippen LogP contribution in [0.4, 0.5) is 13.2 Å². The fraction of sp³-hybridized carbons (Fsp3) is 0.222. The van der Waals surface area contributed by atoms with Gasteiger partial charge in [0.25, 0.3) is 0 Å². The Hall–Kier alpha value is -0.0700. The van der Waals surface area contributed by atoms with Gasteiger partial charge in [-0.1, -0.05) is 27.5 Å². The molecule has 1 aromatic rings. The van der Waals surface area contributed by atoms with Gasteiger partial charge in [-0.25, -0.2) is 0 Å². The van der Waals surface area contributed by atoms with Crippen molar-refractivity contribution in [2.24, 2.45) is 0 Å². The topological polar surface area (TPSA) is 17.1 Å². The van der Waals surface area contributed by atoms with Crippen molar-refractivity contribution in [3.8, 4) is 0 Å². The molecule has 0 radical (unpaired) electrons. The SMILES string of the molecule is O=C(CBr)c1ccc(C(F)(F)F)c(Cl)c1Br. The largest absolute Gasteiger partial charge is 0.417 e. The molecular weight excluding hydrogens is 376 g/mol. The van der Waals surface area contributed by atoms with Gasteiger partial charge in [0.1, 0.15) is 0 Å². The highest BCUT2D eigenvalue weighted by Gasteiger charge is 2.34. The first kappa shape index (κ1) is 14.0. The van der Waals surface area contributed by atoms with Crippen LogP contribution >= 0.6 is 43.5 Å². The van der Waals surface area contributed by atoms with E-state index >= 15 is 0 Å². The number of hydrogen-bond donors (Lipinski definition) is 0. The molecule has 1 aromatic carbocycles. The van der Waals surface area contributed by atoms with Crippen LogP contribution in [0, 0.1) is 0 Å². The second kappa shape index (κ2) is 5.06. The van der Waals surface area contributed by atoms with Gasteiger partial charge in [0.2, 0.25) is 0 Å². The summed E-state index contributed by atoms with van der Waals surface area (Å²) in [6, 6.07) is 1.89. The lowest BCUT2D eigenvalue weighted by Gasteiger charge is -2.12. The van der Waals surface area contributed by atoms with Crippen LogP contribution in [0.1, 0.15) is 15.9 Å². The van der Waals surface area contributed by atoms with E-state index in [1.165, 1.54) is 0 Å². The van der Waals surface area contributed by atoms with Gasteiger partial charge in [-0.15, -0.1) is 0 Å². The Morgan fingerprint density at radius 3 is 2.38 bits per heavy atom. The summed E-state index contributed by atoms with van der Waals surface area (Å²) in [6.07, 6.45) is -4.53. The third-order valence-electron chi connectivity index (χ3n) is 1.81. The molecule has 0 spiro atoms. The molecule has 0 fully saturated rings. The van der Waals surface area contributed by atoms with Gasteiger partial charge in [0.05, 0.1) is 15.9 Å². The van der Waals surface area contributed by atoms with Crippen LogP contribution in [0.5, 0.6) is 0 Å². The average molecular weight is 380 g/mol. The predicted octanol–water partition coefficient (Wildman–Crippen LogP) is 4.70. The number of rotatable bonds is 2. The Morgan fingerprint density at radius 2 is 1.94 bits per heavy atom. The van der Waals surface area contributed by atoms with Crippen molar-refractivity contribution >= 4 is 49.2 Å². The Bertz CT molecular complexity index is 431. The third-order valence-corrected chi connectivity index (χ3v) is 3.76. The molecular formula is C9H4Br2ClF3O. The maximum absolute atomic E-state index is 12.4. The number of hydrogen-bond acceptors (Lipinski definition) is 1.